The highest BCUT2D eigenvalue weighted by molar-refractivity contribution is 7.98. The smallest absolute Gasteiger partial charge is 0.266 e. The molecule has 2 N–H and O–H groups in total. The molecule has 0 aromatic carbocycles. The standard InChI is InChI=1S/C17H20N4O3S2/c22-15(18-7-11-3-1-5-24-11)8-21-16(12-9-25-10-13(12)20-21)19-17(23)14-4-2-6-26-14/h2,4,6,11H,1,3,5,7-10H2,(H,18,22)(H,19,23)/t11-/m0/s1. The highest BCUT2D eigenvalue weighted by Crippen LogP contribution is 2.35. The fourth-order valence-corrected chi connectivity index (χ4v) is 4.78. The van der Waals surface area contributed by atoms with Gasteiger partial charge in [-0.05, 0) is 24.3 Å². The van der Waals surface area contributed by atoms with Crippen LogP contribution in [0.5, 0.6) is 0 Å². The van der Waals surface area contributed by atoms with Gasteiger partial charge in [0.2, 0.25) is 5.91 Å². The summed E-state index contributed by atoms with van der Waals surface area (Å²) in [6.45, 7) is 1.37. The van der Waals surface area contributed by atoms with Gasteiger partial charge >= 0.3 is 0 Å². The second-order valence-electron chi connectivity index (χ2n) is 6.29. The molecule has 2 aromatic rings. The summed E-state index contributed by atoms with van der Waals surface area (Å²) in [6, 6.07) is 3.62. The lowest BCUT2D eigenvalue weighted by molar-refractivity contribution is -0.122. The van der Waals surface area contributed by atoms with E-state index in [-0.39, 0.29) is 24.5 Å². The molecule has 0 aliphatic carbocycles. The van der Waals surface area contributed by atoms with Crippen molar-refractivity contribution in [3.63, 3.8) is 0 Å². The van der Waals surface area contributed by atoms with Crippen LogP contribution in [-0.2, 0) is 27.6 Å². The molecule has 0 saturated carbocycles. The molecule has 138 valence electrons. The van der Waals surface area contributed by atoms with E-state index in [0.29, 0.717) is 17.2 Å². The van der Waals surface area contributed by atoms with Crippen LogP contribution in [0.15, 0.2) is 17.5 Å². The summed E-state index contributed by atoms with van der Waals surface area (Å²) in [4.78, 5) is 25.4. The molecule has 0 spiro atoms. The summed E-state index contributed by atoms with van der Waals surface area (Å²) in [5, 5.41) is 12.3. The second-order valence-corrected chi connectivity index (χ2v) is 8.23. The van der Waals surface area contributed by atoms with Crippen molar-refractivity contribution in [3.05, 3.63) is 33.6 Å². The van der Waals surface area contributed by atoms with Crippen LogP contribution >= 0.6 is 23.1 Å². The average molecular weight is 393 g/mol. The number of rotatable bonds is 6. The fraction of sp³-hybridized carbons (Fsp3) is 0.471. The lowest BCUT2D eigenvalue weighted by atomic mass is 10.2. The summed E-state index contributed by atoms with van der Waals surface area (Å²) in [7, 11) is 0. The van der Waals surface area contributed by atoms with Gasteiger partial charge in [-0.15, -0.1) is 11.3 Å². The van der Waals surface area contributed by atoms with E-state index in [2.05, 4.69) is 15.7 Å². The zero-order chi connectivity index (χ0) is 17.9. The molecule has 1 fully saturated rings. The number of hydrogen-bond acceptors (Lipinski definition) is 6. The maximum atomic E-state index is 12.4. The summed E-state index contributed by atoms with van der Waals surface area (Å²) >= 11 is 3.15. The zero-order valence-corrected chi connectivity index (χ0v) is 15.8. The highest BCUT2D eigenvalue weighted by atomic mass is 32.2. The van der Waals surface area contributed by atoms with E-state index in [9.17, 15) is 9.59 Å². The minimum atomic E-state index is -0.166. The van der Waals surface area contributed by atoms with Crippen LogP contribution in [0.25, 0.3) is 0 Å². The van der Waals surface area contributed by atoms with Crippen LogP contribution in [0.2, 0.25) is 0 Å². The van der Waals surface area contributed by atoms with Crippen molar-refractivity contribution in [1.29, 1.82) is 0 Å². The molecule has 0 unspecified atom stereocenters. The minimum absolute atomic E-state index is 0.0877. The van der Waals surface area contributed by atoms with Crippen molar-refractivity contribution in [1.82, 2.24) is 15.1 Å². The van der Waals surface area contributed by atoms with Gasteiger partial charge < -0.3 is 15.4 Å². The van der Waals surface area contributed by atoms with E-state index in [1.807, 2.05) is 11.4 Å². The van der Waals surface area contributed by atoms with Gasteiger partial charge in [0.1, 0.15) is 12.4 Å². The molecule has 26 heavy (non-hydrogen) atoms. The zero-order valence-electron chi connectivity index (χ0n) is 14.2. The SMILES string of the molecule is O=C(Cn1nc2c(c1NC(=O)c1cccs1)CSC2)NC[C@@H]1CCCO1. The third-order valence-corrected chi connectivity index (χ3v) is 6.28. The first-order valence-corrected chi connectivity index (χ1v) is 10.6. The van der Waals surface area contributed by atoms with Crippen molar-refractivity contribution in [3.8, 4) is 0 Å². The first kappa shape index (κ1) is 17.6. The third kappa shape index (κ3) is 3.79. The highest BCUT2D eigenvalue weighted by Gasteiger charge is 2.25. The topological polar surface area (TPSA) is 85.2 Å². The molecule has 4 rings (SSSR count). The van der Waals surface area contributed by atoms with Crippen LogP contribution in [-0.4, -0.2) is 40.9 Å². The number of nitrogens with one attached hydrogen (secondary N) is 2. The molecule has 0 bridgehead atoms. The molecular weight excluding hydrogens is 372 g/mol. The lowest BCUT2D eigenvalue weighted by Gasteiger charge is -2.13. The Labute approximate surface area is 159 Å². The Hall–Kier alpha value is -1.84. The maximum absolute atomic E-state index is 12.4. The average Bonchev–Trinajstić information content (AvgIpc) is 3.40. The fourth-order valence-electron chi connectivity index (χ4n) is 3.12. The quantitative estimate of drug-likeness (QED) is 0.788. The van der Waals surface area contributed by atoms with Gasteiger partial charge in [0.05, 0.1) is 16.7 Å². The first-order chi connectivity index (χ1) is 12.7. The molecule has 2 aromatic heterocycles. The Morgan fingerprint density at radius 2 is 2.31 bits per heavy atom. The predicted octanol–water partition coefficient (Wildman–Crippen LogP) is 2.24. The van der Waals surface area contributed by atoms with E-state index in [4.69, 9.17) is 4.74 Å². The van der Waals surface area contributed by atoms with E-state index < -0.39 is 0 Å². The maximum Gasteiger partial charge on any atom is 0.266 e. The van der Waals surface area contributed by atoms with E-state index in [1.54, 1.807) is 22.5 Å². The molecular formula is C17H20N4O3S2. The molecule has 2 amide bonds. The van der Waals surface area contributed by atoms with Crippen LogP contribution in [0.1, 0.15) is 33.8 Å². The van der Waals surface area contributed by atoms with Crippen molar-refractivity contribution >= 4 is 40.7 Å². The van der Waals surface area contributed by atoms with E-state index in [0.717, 1.165) is 42.2 Å². The van der Waals surface area contributed by atoms with E-state index in [1.165, 1.54) is 11.3 Å². The number of thiophene rings is 1. The Bertz CT molecular complexity index is 797. The number of aromatic nitrogens is 2. The normalized spacial score (nSPS) is 18.7. The molecule has 1 atom stereocenters. The van der Waals surface area contributed by atoms with Gasteiger partial charge in [-0.25, -0.2) is 4.68 Å². The molecule has 9 heteroatoms. The molecule has 7 nitrogen and oxygen atoms in total. The monoisotopic (exact) mass is 392 g/mol. The van der Waals surface area contributed by atoms with E-state index >= 15 is 0 Å². The van der Waals surface area contributed by atoms with Gasteiger partial charge in [-0.1, -0.05) is 6.07 Å². The third-order valence-electron chi connectivity index (χ3n) is 4.44. The first-order valence-electron chi connectivity index (χ1n) is 8.60. The van der Waals surface area contributed by atoms with Gasteiger partial charge in [0, 0.05) is 30.2 Å². The summed E-state index contributed by atoms with van der Waals surface area (Å²) in [5.74, 6) is 1.95. The second kappa shape index (κ2) is 7.81. The largest absolute Gasteiger partial charge is 0.376 e. The Morgan fingerprint density at radius 3 is 3.08 bits per heavy atom. The lowest BCUT2D eigenvalue weighted by Crippen LogP contribution is -2.34. The van der Waals surface area contributed by atoms with Gasteiger partial charge in [-0.2, -0.15) is 16.9 Å². The van der Waals surface area contributed by atoms with Crippen LogP contribution in [0.4, 0.5) is 5.82 Å². The number of hydrogen-bond donors (Lipinski definition) is 2. The summed E-state index contributed by atoms with van der Waals surface area (Å²) in [6.07, 6.45) is 2.13. The molecule has 2 aliphatic heterocycles. The molecule has 2 aliphatic rings. The van der Waals surface area contributed by atoms with Crippen molar-refractivity contribution in [2.75, 3.05) is 18.5 Å². The number of anilines is 1. The molecule has 0 radical (unpaired) electrons. The van der Waals surface area contributed by atoms with Crippen LogP contribution in [0.3, 0.4) is 0 Å². The van der Waals surface area contributed by atoms with Crippen molar-refractivity contribution in [2.45, 2.75) is 37.0 Å². The van der Waals surface area contributed by atoms with Crippen LogP contribution in [0, 0.1) is 0 Å². The number of carbonyl (C=O) groups excluding carboxylic acids is 2. The van der Waals surface area contributed by atoms with Gasteiger partial charge in [-0.3, -0.25) is 9.59 Å². The summed E-state index contributed by atoms with van der Waals surface area (Å²) < 4.78 is 7.14. The minimum Gasteiger partial charge on any atom is -0.376 e. The molecule has 1 saturated heterocycles. The Balaban J connectivity index is 1.45. The van der Waals surface area contributed by atoms with Gasteiger partial charge in [0.25, 0.3) is 5.91 Å². The van der Waals surface area contributed by atoms with Crippen molar-refractivity contribution < 1.29 is 14.3 Å². The predicted molar refractivity (Wildman–Crippen MR) is 101 cm³/mol. The number of ether oxygens (including phenoxy) is 1. The number of amides is 2. The van der Waals surface area contributed by atoms with Gasteiger partial charge in [0.15, 0.2) is 0 Å². The Kier molecular flexibility index (Phi) is 5.28. The Morgan fingerprint density at radius 1 is 1.38 bits per heavy atom. The number of carbonyl (C=O) groups is 2. The molecule has 4 heterocycles. The summed E-state index contributed by atoms with van der Waals surface area (Å²) in [5.41, 5.74) is 1.97. The van der Waals surface area contributed by atoms with Crippen molar-refractivity contribution in [2.24, 2.45) is 0 Å². The number of nitrogens with zero attached hydrogens (tertiary/aromatic N) is 2. The number of thioether (sulfide) groups is 1. The number of fused-ring (bicyclic) bond motifs is 1. The van der Waals surface area contributed by atoms with Crippen LogP contribution < -0.4 is 10.6 Å².